The molecular formula is C22H31N3O3S. The molecule has 1 aromatic carbocycles. The molecule has 0 aromatic heterocycles. The van der Waals surface area contributed by atoms with Gasteiger partial charge in [-0.15, -0.1) is 0 Å². The van der Waals surface area contributed by atoms with Crippen LogP contribution >= 0.6 is 12.2 Å². The van der Waals surface area contributed by atoms with Crippen molar-refractivity contribution in [2.75, 3.05) is 19.0 Å². The van der Waals surface area contributed by atoms with E-state index in [1.54, 1.807) is 4.90 Å². The molecule has 1 aliphatic rings. The van der Waals surface area contributed by atoms with E-state index in [9.17, 15) is 9.59 Å². The molecule has 1 aromatic rings. The summed E-state index contributed by atoms with van der Waals surface area (Å²) in [5, 5.41) is 6.67. The second-order valence-electron chi connectivity index (χ2n) is 8.76. The summed E-state index contributed by atoms with van der Waals surface area (Å²) in [7, 11) is 1.82. The Morgan fingerprint density at radius 2 is 1.83 bits per heavy atom. The first-order valence-corrected chi connectivity index (χ1v) is 10.2. The summed E-state index contributed by atoms with van der Waals surface area (Å²) in [5.74, 6) is -0.162. The average Bonchev–Trinajstić information content (AvgIpc) is 2.63. The van der Waals surface area contributed by atoms with Gasteiger partial charge < -0.3 is 20.3 Å². The molecule has 0 unspecified atom stereocenters. The lowest BCUT2D eigenvalue weighted by atomic mass is 9.94. The van der Waals surface area contributed by atoms with Crippen LogP contribution in [0.2, 0.25) is 0 Å². The van der Waals surface area contributed by atoms with Gasteiger partial charge >= 0.3 is 5.97 Å². The quantitative estimate of drug-likeness (QED) is 0.557. The van der Waals surface area contributed by atoms with Crippen LogP contribution in [-0.4, -0.2) is 35.5 Å². The molecule has 7 heteroatoms. The Hall–Kier alpha value is -2.41. The molecule has 6 nitrogen and oxygen atoms in total. The van der Waals surface area contributed by atoms with Crippen LogP contribution in [0.25, 0.3) is 0 Å². The fourth-order valence-electron chi connectivity index (χ4n) is 2.75. The number of nitrogens with one attached hydrogen (secondary N) is 2. The second kappa shape index (κ2) is 8.95. The highest BCUT2D eigenvalue weighted by atomic mass is 32.1. The van der Waals surface area contributed by atoms with E-state index in [4.69, 9.17) is 17.0 Å². The predicted octanol–water partition coefficient (Wildman–Crippen LogP) is 4.01. The lowest BCUT2D eigenvalue weighted by molar-refractivity contribution is -0.140. The molecule has 2 N–H and O–H groups in total. The topological polar surface area (TPSA) is 70.7 Å². The third kappa shape index (κ3) is 5.56. The van der Waals surface area contributed by atoms with E-state index >= 15 is 0 Å². The second-order valence-corrected chi connectivity index (χ2v) is 9.15. The number of hydrogen-bond acceptors (Lipinski definition) is 4. The van der Waals surface area contributed by atoms with Gasteiger partial charge in [0.15, 0.2) is 5.11 Å². The largest absolute Gasteiger partial charge is 0.462 e. The molecular weight excluding hydrogens is 386 g/mol. The maximum Gasteiger partial charge on any atom is 0.338 e. The van der Waals surface area contributed by atoms with Gasteiger partial charge in [-0.3, -0.25) is 4.79 Å². The Labute approximate surface area is 178 Å². The third-order valence-electron chi connectivity index (χ3n) is 4.70. The van der Waals surface area contributed by atoms with Crippen LogP contribution < -0.4 is 10.6 Å². The van der Waals surface area contributed by atoms with E-state index < -0.39 is 11.5 Å². The first-order chi connectivity index (χ1) is 13.4. The Morgan fingerprint density at radius 1 is 1.24 bits per heavy atom. The molecule has 158 valence electrons. The van der Waals surface area contributed by atoms with Crippen LogP contribution in [0, 0.1) is 11.3 Å². The standard InChI is InChI=1S/C22H31N3O3S/c1-13(2)12-28-19(26)17-14(3)25(7)21(29)24-18(17)15-8-10-16(11-9-15)23-20(27)22(4,5)6/h8-11,13,18H,12H2,1-7H3,(H,23,27)(H,24,29)/t18-/m1/s1. The minimum atomic E-state index is -0.479. The fraction of sp³-hybridized carbons (Fsp3) is 0.500. The normalized spacial score (nSPS) is 17.3. The summed E-state index contributed by atoms with van der Waals surface area (Å²) in [6.45, 7) is 11.8. The number of anilines is 1. The van der Waals surface area contributed by atoms with Crippen molar-refractivity contribution in [3.05, 3.63) is 41.1 Å². The number of allylic oxidation sites excluding steroid dienone is 1. The van der Waals surface area contributed by atoms with Crippen molar-refractivity contribution in [3.8, 4) is 0 Å². The minimum absolute atomic E-state index is 0.0578. The molecule has 0 aliphatic carbocycles. The molecule has 2 rings (SSSR count). The molecule has 0 saturated carbocycles. The summed E-state index contributed by atoms with van der Waals surface area (Å²) in [6, 6.07) is 7.01. The summed E-state index contributed by atoms with van der Waals surface area (Å²) < 4.78 is 5.50. The lowest BCUT2D eigenvalue weighted by Crippen LogP contribution is -2.46. The van der Waals surface area contributed by atoms with Gasteiger partial charge in [-0.25, -0.2) is 4.79 Å². The first kappa shape index (κ1) is 22.9. The van der Waals surface area contributed by atoms with Gasteiger partial charge in [-0.05, 0) is 42.8 Å². The van der Waals surface area contributed by atoms with Crippen molar-refractivity contribution in [3.63, 3.8) is 0 Å². The number of amides is 1. The van der Waals surface area contributed by atoms with E-state index in [0.717, 1.165) is 11.3 Å². The molecule has 1 aliphatic heterocycles. The molecule has 0 spiro atoms. The molecule has 0 radical (unpaired) electrons. The molecule has 0 saturated heterocycles. The summed E-state index contributed by atoms with van der Waals surface area (Å²) in [6.07, 6.45) is 0. The monoisotopic (exact) mass is 417 g/mol. The van der Waals surface area contributed by atoms with Gasteiger partial charge in [0.1, 0.15) is 0 Å². The maximum absolute atomic E-state index is 12.8. The number of thiocarbonyl (C=S) groups is 1. The van der Waals surface area contributed by atoms with Gasteiger partial charge in [-0.1, -0.05) is 46.8 Å². The first-order valence-electron chi connectivity index (χ1n) is 9.75. The minimum Gasteiger partial charge on any atom is -0.462 e. The zero-order valence-electron chi connectivity index (χ0n) is 18.3. The number of rotatable bonds is 5. The number of esters is 1. The number of carbonyl (C=O) groups is 2. The van der Waals surface area contributed by atoms with Crippen molar-refractivity contribution < 1.29 is 14.3 Å². The molecule has 1 atom stereocenters. The molecule has 1 heterocycles. The van der Waals surface area contributed by atoms with E-state index in [1.165, 1.54) is 0 Å². The highest BCUT2D eigenvalue weighted by molar-refractivity contribution is 7.80. The summed E-state index contributed by atoms with van der Waals surface area (Å²) >= 11 is 5.42. The molecule has 1 amide bonds. The van der Waals surface area contributed by atoms with Crippen molar-refractivity contribution >= 4 is 34.9 Å². The fourth-order valence-corrected chi connectivity index (χ4v) is 3.00. The Morgan fingerprint density at radius 3 is 2.34 bits per heavy atom. The number of nitrogens with zero attached hydrogens (tertiary/aromatic N) is 1. The SMILES string of the molecule is CC1=C(C(=O)OCC(C)C)[C@@H](c2ccc(NC(=O)C(C)(C)C)cc2)NC(=S)N1C. The number of hydrogen-bond donors (Lipinski definition) is 2. The van der Waals surface area contributed by atoms with Crippen molar-refractivity contribution in [1.29, 1.82) is 0 Å². The predicted molar refractivity (Wildman–Crippen MR) is 119 cm³/mol. The Kier molecular flexibility index (Phi) is 7.06. The maximum atomic E-state index is 12.8. The summed E-state index contributed by atoms with van der Waals surface area (Å²) in [5.41, 5.74) is 2.39. The smallest absolute Gasteiger partial charge is 0.338 e. The van der Waals surface area contributed by atoms with E-state index in [2.05, 4.69) is 10.6 Å². The average molecular weight is 418 g/mol. The Bertz CT molecular complexity index is 823. The highest BCUT2D eigenvalue weighted by Gasteiger charge is 2.33. The number of benzene rings is 1. The van der Waals surface area contributed by atoms with E-state index in [1.807, 2.05) is 72.9 Å². The van der Waals surface area contributed by atoms with Crippen LogP contribution in [-0.2, 0) is 14.3 Å². The van der Waals surface area contributed by atoms with Crippen molar-refractivity contribution in [1.82, 2.24) is 10.2 Å². The summed E-state index contributed by atoms with van der Waals surface area (Å²) in [4.78, 5) is 26.8. The van der Waals surface area contributed by atoms with Crippen LogP contribution in [0.5, 0.6) is 0 Å². The van der Waals surface area contributed by atoms with Crippen LogP contribution in [0.3, 0.4) is 0 Å². The van der Waals surface area contributed by atoms with Gasteiger partial charge in [0, 0.05) is 23.8 Å². The van der Waals surface area contributed by atoms with Crippen molar-refractivity contribution in [2.24, 2.45) is 11.3 Å². The van der Waals surface area contributed by atoms with Gasteiger partial charge in [0.05, 0.1) is 18.2 Å². The lowest BCUT2D eigenvalue weighted by Gasteiger charge is -2.35. The van der Waals surface area contributed by atoms with Crippen LogP contribution in [0.1, 0.15) is 53.1 Å². The van der Waals surface area contributed by atoms with Gasteiger partial charge in [-0.2, -0.15) is 0 Å². The van der Waals surface area contributed by atoms with Crippen LogP contribution in [0.15, 0.2) is 35.5 Å². The zero-order valence-corrected chi connectivity index (χ0v) is 19.1. The number of ether oxygens (including phenoxy) is 1. The van der Waals surface area contributed by atoms with Crippen LogP contribution in [0.4, 0.5) is 5.69 Å². The van der Waals surface area contributed by atoms with Crippen molar-refractivity contribution in [2.45, 2.75) is 47.6 Å². The zero-order chi connectivity index (χ0) is 21.9. The van der Waals surface area contributed by atoms with Gasteiger partial charge in [0.25, 0.3) is 0 Å². The Balaban J connectivity index is 2.31. The van der Waals surface area contributed by atoms with E-state index in [0.29, 0.717) is 23.0 Å². The molecule has 29 heavy (non-hydrogen) atoms. The molecule has 0 bridgehead atoms. The van der Waals surface area contributed by atoms with Gasteiger partial charge in [0.2, 0.25) is 5.91 Å². The van der Waals surface area contributed by atoms with E-state index in [-0.39, 0.29) is 17.8 Å². The third-order valence-corrected chi connectivity index (χ3v) is 5.10. The highest BCUT2D eigenvalue weighted by Crippen LogP contribution is 2.31. The number of carbonyl (C=O) groups excluding carboxylic acids is 2. The molecule has 0 fully saturated rings.